The second-order valence-electron chi connectivity index (χ2n) is 7.55. The van der Waals surface area contributed by atoms with Crippen LogP contribution in [0.5, 0.6) is 11.5 Å². The molecule has 1 saturated heterocycles. The number of para-hydroxylation sites is 1. The number of barbiturate groups is 1. The molecule has 1 aliphatic heterocycles. The minimum absolute atomic E-state index is 0.126. The topological polar surface area (TPSA) is 84.9 Å². The third-order valence-electron chi connectivity index (χ3n) is 5.17. The van der Waals surface area contributed by atoms with Gasteiger partial charge in [-0.3, -0.25) is 14.9 Å². The predicted molar refractivity (Wildman–Crippen MR) is 134 cm³/mol. The summed E-state index contributed by atoms with van der Waals surface area (Å²) in [6.07, 6.45) is 1.24. The van der Waals surface area contributed by atoms with Crippen LogP contribution in [0, 0.1) is 5.82 Å². The van der Waals surface area contributed by atoms with Crippen molar-refractivity contribution in [3.05, 3.63) is 93.2 Å². The molecule has 7 nitrogen and oxygen atoms in total. The molecule has 1 fully saturated rings. The van der Waals surface area contributed by atoms with Crippen LogP contribution in [0.4, 0.5) is 14.9 Å². The van der Waals surface area contributed by atoms with Crippen LogP contribution >= 0.6 is 23.2 Å². The summed E-state index contributed by atoms with van der Waals surface area (Å²) < 4.78 is 25.8. The molecule has 4 amide bonds. The summed E-state index contributed by atoms with van der Waals surface area (Å²) in [5, 5.41) is 2.75. The molecule has 10 heteroatoms. The molecule has 3 aromatic rings. The molecule has 0 atom stereocenters. The lowest BCUT2D eigenvalue weighted by molar-refractivity contribution is -0.122. The minimum atomic E-state index is -1.05. The molecule has 0 aromatic heterocycles. The Bertz CT molecular complexity index is 1390. The summed E-state index contributed by atoms with van der Waals surface area (Å²) in [6, 6.07) is 14.4. The molecular weight excluding hydrogens is 510 g/mol. The molecular formula is C26H19Cl2FN2O5. The number of halogens is 3. The maximum absolute atomic E-state index is 14.3. The summed E-state index contributed by atoms with van der Waals surface area (Å²) >= 11 is 12.7. The smallest absolute Gasteiger partial charge is 0.336 e. The molecule has 184 valence electrons. The normalized spacial score (nSPS) is 14.7. The van der Waals surface area contributed by atoms with Crippen molar-refractivity contribution in [3.8, 4) is 11.5 Å². The third-order valence-corrected chi connectivity index (χ3v) is 5.82. The Balaban J connectivity index is 1.68. The number of benzene rings is 3. The number of carbonyl (C=O) groups excluding carboxylic acids is 3. The van der Waals surface area contributed by atoms with Gasteiger partial charge in [-0.25, -0.2) is 14.1 Å². The molecule has 0 bridgehead atoms. The zero-order chi connectivity index (χ0) is 25.8. The minimum Gasteiger partial charge on any atom is -0.490 e. The number of urea groups is 1. The Morgan fingerprint density at radius 2 is 1.69 bits per heavy atom. The van der Waals surface area contributed by atoms with E-state index < -0.39 is 23.7 Å². The first-order chi connectivity index (χ1) is 17.3. The summed E-state index contributed by atoms with van der Waals surface area (Å²) in [7, 11) is 0. The SMILES string of the molecule is CCOc1cc(/C=C2/C(=O)NC(=O)N(c3ccccc3F)C2=O)cc(Cl)c1OCc1ccccc1Cl. The summed E-state index contributed by atoms with van der Waals surface area (Å²) in [4.78, 5) is 38.5. The Kier molecular flexibility index (Phi) is 7.57. The van der Waals surface area contributed by atoms with E-state index in [0.717, 1.165) is 11.6 Å². The number of amides is 4. The maximum atomic E-state index is 14.3. The molecule has 1 heterocycles. The fourth-order valence-electron chi connectivity index (χ4n) is 3.52. The maximum Gasteiger partial charge on any atom is 0.336 e. The van der Waals surface area contributed by atoms with Gasteiger partial charge in [-0.15, -0.1) is 0 Å². The lowest BCUT2D eigenvalue weighted by atomic mass is 10.1. The molecule has 0 aliphatic carbocycles. The van der Waals surface area contributed by atoms with Crippen LogP contribution in [0.15, 0.2) is 66.2 Å². The Morgan fingerprint density at radius 3 is 2.42 bits per heavy atom. The monoisotopic (exact) mass is 528 g/mol. The van der Waals surface area contributed by atoms with Gasteiger partial charge < -0.3 is 9.47 Å². The van der Waals surface area contributed by atoms with Gasteiger partial charge in [0.15, 0.2) is 11.5 Å². The van der Waals surface area contributed by atoms with E-state index in [-0.39, 0.29) is 41.0 Å². The van der Waals surface area contributed by atoms with E-state index in [9.17, 15) is 18.8 Å². The first-order valence-corrected chi connectivity index (χ1v) is 11.5. The second kappa shape index (κ2) is 10.8. The van der Waals surface area contributed by atoms with Crippen molar-refractivity contribution in [2.75, 3.05) is 11.5 Å². The van der Waals surface area contributed by atoms with Gasteiger partial charge in [-0.05, 0) is 48.9 Å². The van der Waals surface area contributed by atoms with Gasteiger partial charge in [-0.1, -0.05) is 53.5 Å². The highest BCUT2D eigenvalue weighted by Crippen LogP contribution is 2.38. The largest absolute Gasteiger partial charge is 0.490 e. The Labute approximate surface area is 216 Å². The average molecular weight is 529 g/mol. The number of carbonyl (C=O) groups is 3. The van der Waals surface area contributed by atoms with Crippen LogP contribution in [-0.4, -0.2) is 24.5 Å². The first-order valence-electron chi connectivity index (χ1n) is 10.8. The lowest BCUT2D eigenvalue weighted by Gasteiger charge is -2.26. The van der Waals surface area contributed by atoms with Crippen LogP contribution in [0.25, 0.3) is 6.08 Å². The summed E-state index contributed by atoms with van der Waals surface area (Å²) in [5.74, 6) is -2.18. The van der Waals surface area contributed by atoms with Gasteiger partial charge in [-0.2, -0.15) is 0 Å². The van der Waals surface area contributed by atoms with Gasteiger partial charge in [0.2, 0.25) is 0 Å². The highest BCUT2D eigenvalue weighted by Gasteiger charge is 2.38. The number of ether oxygens (including phenoxy) is 2. The molecule has 1 aliphatic rings. The Morgan fingerprint density at radius 1 is 0.972 bits per heavy atom. The zero-order valence-electron chi connectivity index (χ0n) is 18.9. The van der Waals surface area contributed by atoms with Crippen LogP contribution in [0.3, 0.4) is 0 Å². The van der Waals surface area contributed by atoms with Crippen molar-refractivity contribution < 1.29 is 28.2 Å². The number of anilines is 1. The number of imide groups is 2. The summed E-state index contributed by atoms with van der Waals surface area (Å²) in [6.45, 7) is 2.18. The number of nitrogens with zero attached hydrogens (tertiary/aromatic N) is 1. The third kappa shape index (κ3) is 5.19. The van der Waals surface area contributed by atoms with Crippen LogP contribution in [0.2, 0.25) is 10.0 Å². The quantitative estimate of drug-likeness (QED) is 0.310. The van der Waals surface area contributed by atoms with Crippen molar-refractivity contribution in [2.24, 2.45) is 0 Å². The van der Waals surface area contributed by atoms with Gasteiger partial charge in [0.25, 0.3) is 11.8 Å². The van der Waals surface area contributed by atoms with Crippen LogP contribution < -0.4 is 19.7 Å². The van der Waals surface area contributed by atoms with E-state index in [1.165, 1.54) is 36.4 Å². The highest BCUT2D eigenvalue weighted by molar-refractivity contribution is 6.39. The number of hydrogen-bond acceptors (Lipinski definition) is 5. The van der Waals surface area contributed by atoms with E-state index >= 15 is 0 Å². The molecule has 1 N–H and O–H groups in total. The predicted octanol–water partition coefficient (Wildman–Crippen LogP) is 5.78. The van der Waals surface area contributed by atoms with Gasteiger partial charge in [0.1, 0.15) is 18.0 Å². The molecule has 3 aromatic carbocycles. The molecule has 0 unspecified atom stereocenters. The van der Waals surface area contributed by atoms with E-state index in [2.05, 4.69) is 5.32 Å². The fraction of sp³-hybridized carbons (Fsp3) is 0.115. The van der Waals surface area contributed by atoms with Crippen molar-refractivity contribution in [1.29, 1.82) is 0 Å². The molecule has 0 saturated carbocycles. The molecule has 36 heavy (non-hydrogen) atoms. The Hall–Kier alpha value is -3.88. The van der Waals surface area contributed by atoms with Crippen molar-refractivity contribution in [1.82, 2.24) is 5.32 Å². The number of rotatable bonds is 7. The zero-order valence-corrected chi connectivity index (χ0v) is 20.4. The molecule has 4 rings (SSSR count). The van der Waals surface area contributed by atoms with Crippen molar-refractivity contribution in [2.45, 2.75) is 13.5 Å². The number of hydrogen-bond donors (Lipinski definition) is 1. The molecule has 0 spiro atoms. The first kappa shape index (κ1) is 25.2. The van der Waals surface area contributed by atoms with Crippen LogP contribution in [0.1, 0.15) is 18.1 Å². The van der Waals surface area contributed by atoms with Crippen molar-refractivity contribution in [3.63, 3.8) is 0 Å². The lowest BCUT2D eigenvalue weighted by Crippen LogP contribution is -2.54. The fourth-order valence-corrected chi connectivity index (χ4v) is 3.98. The standard InChI is InChI=1S/C26H19Cl2FN2O5/c1-2-35-22-13-15(12-19(28)23(22)36-14-16-7-3-4-8-18(16)27)11-17-24(32)30-26(34)31(25(17)33)21-10-6-5-9-20(21)29/h3-13H,2,14H2,1H3,(H,30,32,34)/b17-11-. The van der Waals surface area contributed by atoms with E-state index in [0.29, 0.717) is 15.5 Å². The van der Waals surface area contributed by atoms with Gasteiger partial charge in [0.05, 0.1) is 17.3 Å². The number of nitrogens with one attached hydrogen (secondary N) is 1. The van der Waals surface area contributed by atoms with E-state index in [1.807, 2.05) is 12.1 Å². The van der Waals surface area contributed by atoms with E-state index in [1.54, 1.807) is 19.1 Å². The summed E-state index contributed by atoms with van der Waals surface area (Å²) in [5.41, 5.74) is 0.400. The van der Waals surface area contributed by atoms with Gasteiger partial charge >= 0.3 is 6.03 Å². The van der Waals surface area contributed by atoms with Gasteiger partial charge in [0, 0.05) is 10.6 Å². The van der Waals surface area contributed by atoms with E-state index in [4.69, 9.17) is 32.7 Å². The average Bonchev–Trinajstić information content (AvgIpc) is 2.83. The highest BCUT2D eigenvalue weighted by atomic mass is 35.5. The second-order valence-corrected chi connectivity index (χ2v) is 8.37. The molecule has 0 radical (unpaired) electrons. The van der Waals surface area contributed by atoms with Crippen molar-refractivity contribution >= 4 is 52.8 Å². The van der Waals surface area contributed by atoms with Crippen LogP contribution in [-0.2, 0) is 16.2 Å².